The number of carbonyl (C=O) groups is 1. The third-order valence-electron chi connectivity index (χ3n) is 2.17. The highest BCUT2D eigenvalue weighted by atomic mass is 16.4. The van der Waals surface area contributed by atoms with Crippen LogP contribution in [0.2, 0.25) is 0 Å². The predicted octanol–water partition coefficient (Wildman–Crippen LogP) is 2.67. The Balaban J connectivity index is 2.83. The maximum Gasteiger partial charge on any atom is 0.373 e. The van der Waals surface area contributed by atoms with Crippen LogP contribution in [0, 0.1) is 0 Å². The van der Waals surface area contributed by atoms with Gasteiger partial charge in [-0.3, -0.25) is 0 Å². The second-order valence-corrected chi connectivity index (χ2v) is 3.54. The number of aryl methyl sites for hydroxylation is 2. The number of aromatic nitrogens is 1. The number of nitrogens with zero attached hydrogens (tertiary/aromatic N) is 1. The van der Waals surface area contributed by atoms with Crippen molar-refractivity contribution in [2.75, 3.05) is 0 Å². The normalized spacial score (nSPS) is 10.5. The zero-order valence-corrected chi connectivity index (χ0v) is 9.25. The first-order valence-corrected chi connectivity index (χ1v) is 5.40. The van der Waals surface area contributed by atoms with Crippen LogP contribution < -0.4 is 0 Å². The molecule has 0 aromatic carbocycles. The molecule has 4 heteroatoms. The summed E-state index contributed by atoms with van der Waals surface area (Å²) < 4.78 is 5.22. The summed E-state index contributed by atoms with van der Waals surface area (Å²) in [6.07, 6.45) is 4.29. The van der Waals surface area contributed by atoms with Crippen molar-refractivity contribution in [1.82, 2.24) is 4.98 Å². The SMILES string of the molecule is CCCCc1nc(CCC)c(C(=O)O)o1. The van der Waals surface area contributed by atoms with E-state index >= 15 is 0 Å². The minimum absolute atomic E-state index is 0.0166. The molecule has 0 amide bonds. The van der Waals surface area contributed by atoms with Crippen molar-refractivity contribution in [2.24, 2.45) is 0 Å². The van der Waals surface area contributed by atoms with E-state index in [1.165, 1.54) is 0 Å². The fourth-order valence-electron chi connectivity index (χ4n) is 1.41. The first kappa shape index (κ1) is 11.8. The molecular formula is C11H17NO3. The molecule has 0 aliphatic rings. The van der Waals surface area contributed by atoms with Crippen LogP contribution in [0.4, 0.5) is 0 Å². The molecule has 0 aliphatic heterocycles. The predicted molar refractivity (Wildman–Crippen MR) is 56.1 cm³/mol. The first-order valence-electron chi connectivity index (χ1n) is 5.40. The lowest BCUT2D eigenvalue weighted by Crippen LogP contribution is -1.99. The molecule has 15 heavy (non-hydrogen) atoms. The van der Waals surface area contributed by atoms with E-state index in [9.17, 15) is 4.79 Å². The second-order valence-electron chi connectivity index (χ2n) is 3.54. The number of rotatable bonds is 6. The van der Waals surface area contributed by atoms with Gasteiger partial charge in [0.1, 0.15) is 0 Å². The number of oxazole rings is 1. The molecule has 0 radical (unpaired) electrons. The highest BCUT2D eigenvalue weighted by molar-refractivity contribution is 5.85. The Morgan fingerprint density at radius 1 is 1.33 bits per heavy atom. The van der Waals surface area contributed by atoms with Crippen LogP contribution in [0.25, 0.3) is 0 Å². The largest absolute Gasteiger partial charge is 0.475 e. The van der Waals surface area contributed by atoms with Gasteiger partial charge in [0, 0.05) is 6.42 Å². The van der Waals surface area contributed by atoms with Crippen molar-refractivity contribution in [3.63, 3.8) is 0 Å². The standard InChI is InChI=1S/C11H17NO3/c1-3-5-7-9-12-8(6-4-2)10(15-9)11(13)14/h3-7H2,1-2H3,(H,13,14). The summed E-state index contributed by atoms with van der Waals surface area (Å²) >= 11 is 0. The Kier molecular flexibility index (Phi) is 4.34. The van der Waals surface area contributed by atoms with Gasteiger partial charge in [0.05, 0.1) is 5.69 Å². The van der Waals surface area contributed by atoms with Crippen molar-refractivity contribution in [3.05, 3.63) is 17.3 Å². The lowest BCUT2D eigenvalue weighted by Gasteiger charge is -1.91. The number of carboxylic acid groups (broad SMARTS) is 1. The third kappa shape index (κ3) is 3.08. The lowest BCUT2D eigenvalue weighted by atomic mass is 10.2. The van der Waals surface area contributed by atoms with Crippen LogP contribution in [0.3, 0.4) is 0 Å². The number of unbranched alkanes of at least 4 members (excludes halogenated alkanes) is 1. The Bertz CT molecular complexity index is 331. The van der Waals surface area contributed by atoms with Crippen molar-refractivity contribution >= 4 is 5.97 Å². The maximum absolute atomic E-state index is 10.8. The zero-order chi connectivity index (χ0) is 11.3. The number of carboxylic acids is 1. The molecule has 1 heterocycles. The average Bonchev–Trinajstić information content (AvgIpc) is 2.59. The molecule has 0 saturated heterocycles. The van der Waals surface area contributed by atoms with Crippen molar-refractivity contribution < 1.29 is 14.3 Å². The van der Waals surface area contributed by atoms with Crippen LogP contribution in [-0.4, -0.2) is 16.1 Å². The third-order valence-corrected chi connectivity index (χ3v) is 2.17. The monoisotopic (exact) mass is 211 g/mol. The zero-order valence-electron chi connectivity index (χ0n) is 9.25. The summed E-state index contributed by atoms with van der Waals surface area (Å²) in [5, 5.41) is 8.90. The van der Waals surface area contributed by atoms with Crippen LogP contribution in [0.1, 0.15) is 55.2 Å². The van der Waals surface area contributed by atoms with Gasteiger partial charge in [-0.1, -0.05) is 26.7 Å². The molecule has 0 atom stereocenters. The molecule has 1 N–H and O–H groups in total. The fraction of sp³-hybridized carbons (Fsp3) is 0.636. The fourth-order valence-corrected chi connectivity index (χ4v) is 1.41. The van der Waals surface area contributed by atoms with Gasteiger partial charge in [0.15, 0.2) is 5.89 Å². The Morgan fingerprint density at radius 3 is 2.60 bits per heavy atom. The van der Waals surface area contributed by atoms with E-state index in [4.69, 9.17) is 9.52 Å². The van der Waals surface area contributed by atoms with Gasteiger partial charge < -0.3 is 9.52 Å². The van der Waals surface area contributed by atoms with Gasteiger partial charge in [0.2, 0.25) is 5.76 Å². The van der Waals surface area contributed by atoms with Crippen molar-refractivity contribution in [1.29, 1.82) is 0 Å². The van der Waals surface area contributed by atoms with Gasteiger partial charge in [-0.15, -0.1) is 0 Å². The summed E-state index contributed by atoms with van der Waals surface area (Å²) in [4.78, 5) is 15.1. The van der Waals surface area contributed by atoms with Crippen LogP contribution in [-0.2, 0) is 12.8 Å². The van der Waals surface area contributed by atoms with Crippen molar-refractivity contribution in [2.45, 2.75) is 46.0 Å². The van der Waals surface area contributed by atoms with E-state index < -0.39 is 5.97 Å². The smallest absolute Gasteiger partial charge is 0.373 e. The molecule has 4 nitrogen and oxygen atoms in total. The van der Waals surface area contributed by atoms with E-state index in [-0.39, 0.29) is 5.76 Å². The molecule has 1 rings (SSSR count). The number of hydrogen-bond donors (Lipinski definition) is 1. The molecule has 84 valence electrons. The summed E-state index contributed by atoms with van der Waals surface area (Å²) in [7, 11) is 0. The Morgan fingerprint density at radius 2 is 2.07 bits per heavy atom. The summed E-state index contributed by atoms with van der Waals surface area (Å²) in [6.45, 7) is 4.07. The number of hydrogen-bond acceptors (Lipinski definition) is 3. The lowest BCUT2D eigenvalue weighted by molar-refractivity contribution is 0.0658. The summed E-state index contributed by atoms with van der Waals surface area (Å²) in [5.74, 6) is -0.450. The topological polar surface area (TPSA) is 63.3 Å². The quantitative estimate of drug-likeness (QED) is 0.785. The summed E-state index contributed by atoms with van der Waals surface area (Å²) in [6, 6.07) is 0. The molecule has 0 fully saturated rings. The highest BCUT2D eigenvalue weighted by Gasteiger charge is 2.18. The molecule has 1 aromatic heterocycles. The van der Waals surface area contributed by atoms with E-state index in [0.717, 1.165) is 25.7 Å². The minimum atomic E-state index is -1.02. The van der Waals surface area contributed by atoms with E-state index in [2.05, 4.69) is 11.9 Å². The van der Waals surface area contributed by atoms with Crippen LogP contribution >= 0.6 is 0 Å². The minimum Gasteiger partial charge on any atom is -0.475 e. The molecule has 0 bridgehead atoms. The van der Waals surface area contributed by atoms with E-state index in [0.29, 0.717) is 18.0 Å². The van der Waals surface area contributed by atoms with Crippen LogP contribution in [0.15, 0.2) is 4.42 Å². The Hall–Kier alpha value is -1.32. The van der Waals surface area contributed by atoms with E-state index in [1.54, 1.807) is 0 Å². The first-order chi connectivity index (χ1) is 7.19. The highest BCUT2D eigenvalue weighted by Crippen LogP contribution is 2.15. The van der Waals surface area contributed by atoms with Gasteiger partial charge >= 0.3 is 5.97 Å². The second kappa shape index (κ2) is 5.53. The molecule has 0 saturated carbocycles. The van der Waals surface area contributed by atoms with Gasteiger partial charge in [-0.2, -0.15) is 0 Å². The van der Waals surface area contributed by atoms with Crippen LogP contribution in [0.5, 0.6) is 0 Å². The van der Waals surface area contributed by atoms with Gasteiger partial charge in [-0.05, 0) is 12.8 Å². The number of aromatic carboxylic acids is 1. The molecule has 0 unspecified atom stereocenters. The van der Waals surface area contributed by atoms with Gasteiger partial charge in [0.25, 0.3) is 0 Å². The molecule has 0 aliphatic carbocycles. The van der Waals surface area contributed by atoms with Crippen molar-refractivity contribution in [3.8, 4) is 0 Å². The molecule has 0 spiro atoms. The van der Waals surface area contributed by atoms with Gasteiger partial charge in [-0.25, -0.2) is 9.78 Å². The Labute approximate surface area is 89.3 Å². The average molecular weight is 211 g/mol. The summed E-state index contributed by atoms with van der Waals surface area (Å²) in [5.41, 5.74) is 0.580. The van der Waals surface area contributed by atoms with E-state index in [1.807, 2.05) is 6.92 Å². The maximum atomic E-state index is 10.8. The molecular weight excluding hydrogens is 194 g/mol. The molecule has 1 aromatic rings.